The molecule has 1 aromatic carbocycles. The van der Waals surface area contributed by atoms with Crippen LogP contribution in [0.25, 0.3) is 0 Å². The Balaban J connectivity index is 0.000000292. The molecule has 1 nitrogen and oxygen atoms in total. The van der Waals surface area contributed by atoms with Gasteiger partial charge in [-0.15, -0.1) is 5.05 Å². The fourth-order valence-corrected chi connectivity index (χ4v) is 0.508. The quantitative estimate of drug-likeness (QED) is 0.605. The summed E-state index contributed by atoms with van der Waals surface area (Å²) in [7, 11) is 6.79. The van der Waals surface area contributed by atoms with Crippen LogP contribution in [0.3, 0.4) is 0 Å². The summed E-state index contributed by atoms with van der Waals surface area (Å²) >= 11 is -0.111. The first-order chi connectivity index (χ1) is 5.35. The maximum absolute atomic E-state index is 5.14. The van der Waals surface area contributed by atoms with Crippen LogP contribution in [-0.2, 0) is 0 Å². The standard InChI is InChI=1S/C7H7O.CH3.ClH.Mg/c1-8-7-5-3-2-4-6-7;;;/h3-6H,1H3;1H3;1H;/q;;;+1/p-1. The Morgan fingerprint density at radius 3 is 2.18 bits per heavy atom. The number of halogens is 1. The maximum atomic E-state index is 5.14. The van der Waals surface area contributed by atoms with Crippen LogP contribution in [0.15, 0.2) is 24.3 Å². The molecule has 0 aliphatic rings. The van der Waals surface area contributed by atoms with Gasteiger partial charge in [0.2, 0.25) is 0 Å². The zero-order chi connectivity index (χ0) is 8.53. The predicted octanol–water partition coefficient (Wildman–Crippen LogP) is 2.39. The molecule has 3 heteroatoms. The minimum absolute atomic E-state index is 0.111. The van der Waals surface area contributed by atoms with Crippen molar-refractivity contribution in [3.8, 4) is 5.75 Å². The lowest BCUT2D eigenvalue weighted by molar-refractivity contribution is 0.415. The highest BCUT2D eigenvalue weighted by Gasteiger charge is 1.80. The lowest BCUT2D eigenvalue weighted by Gasteiger charge is -1.93. The first kappa shape index (κ1) is 11.1. The Labute approximate surface area is 81.2 Å². The monoisotopic (exact) mass is 181 g/mol. The van der Waals surface area contributed by atoms with E-state index in [1.165, 1.54) is 0 Å². The molecule has 1 rings (SSSR count). The van der Waals surface area contributed by atoms with Gasteiger partial charge in [0.25, 0.3) is 0 Å². The fraction of sp³-hybridized carbons (Fsp3) is 0.250. The molecule has 1 aromatic rings. The average molecular weight is 182 g/mol. The summed E-state index contributed by atoms with van der Waals surface area (Å²) in [5, 5.41) is 2.03. The zero-order valence-corrected chi connectivity index (χ0v) is 8.97. The maximum Gasteiger partial charge on any atom is 0.497 e. The Hall–Kier alpha value is 0.0762. The number of rotatable bonds is 1. The molecule has 0 fully saturated rings. The van der Waals surface area contributed by atoms with Crippen molar-refractivity contribution >= 4 is 28.3 Å². The van der Waals surface area contributed by atoms with Crippen molar-refractivity contribution in [3.05, 3.63) is 30.3 Å². The largest absolute Gasteiger partial charge is 0.497 e. The molecule has 0 unspecified atom stereocenters. The van der Waals surface area contributed by atoms with Crippen molar-refractivity contribution in [1.29, 1.82) is 0 Å². The van der Waals surface area contributed by atoms with Gasteiger partial charge >= 0.3 is 19.3 Å². The predicted molar refractivity (Wildman–Crippen MR) is 49.3 cm³/mol. The van der Waals surface area contributed by atoms with E-state index in [4.69, 9.17) is 13.8 Å². The van der Waals surface area contributed by atoms with Gasteiger partial charge in [0.15, 0.2) is 0 Å². The van der Waals surface area contributed by atoms with Crippen LogP contribution in [0.1, 0.15) is 0 Å². The number of benzene rings is 1. The molecule has 0 saturated carbocycles. The van der Waals surface area contributed by atoms with Gasteiger partial charge in [-0.05, 0) is 18.2 Å². The molecule has 0 bridgehead atoms. The summed E-state index contributed by atoms with van der Waals surface area (Å²) < 4.78 is 4.89. The molecule has 0 aliphatic heterocycles. The molecule has 0 N–H and O–H groups in total. The number of methoxy groups -OCH3 is 1. The number of ether oxygens (including phenoxy) is 1. The highest BCUT2D eigenvalue weighted by molar-refractivity contribution is 6.92. The van der Waals surface area contributed by atoms with Crippen molar-refractivity contribution in [2.24, 2.45) is 0 Å². The first-order valence-electron chi connectivity index (χ1n) is 3.41. The lowest BCUT2D eigenvalue weighted by Crippen LogP contribution is -1.78. The molecular weight excluding hydrogens is 172 g/mol. The second kappa shape index (κ2) is 8.18. The molecule has 0 heterocycles. The Morgan fingerprint density at radius 1 is 1.45 bits per heavy atom. The van der Waals surface area contributed by atoms with E-state index in [-0.39, 0.29) is 19.3 Å². The van der Waals surface area contributed by atoms with Gasteiger partial charge in [-0.2, -0.15) is 0 Å². The van der Waals surface area contributed by atoms with Gasteiger partial charge in [-0.25, -0.2) is 0 Å². The second-order valence-electron chi connectivity index (χ2n) is 1.71. The Morgan fingerprint density at radius 2 is 1.91 bits per heavy atom. The highest BCUT2D eigenvalue weighted by Crippen LogP contribution is 2.05. The summed E-state index contributed by atoms with van der Waals surface area (Å²) in [6, 6.07) is 10.2. The van der Waals surface area contributed by atoms with Gasteiger partial charge in [-0.3, -0.25) is 0 Å². The molecule has 0 aromatic heterocycles. The minimum Gasteiger partial charge on any atom is -0.497 e. The van der Waals surface area contributed by atoms with Crippen molar-refractivity contribution in [3.63, 3.8) is 0 Å². The van der Waals surface area contributed by atoms with E-state index in [9.17, 15) is 0 Å². The minimum atomic E-state index is -0.111. The van der Waals surface area contributed by atoms with E-state index in [2.05, 4.69) is 6.07 Å². The Bertz CT molecular complexity index is 167. The van der Waals surface area contributed by atoms with Crippen molar-refractivity contribution < 1.29 is 4.74 Å². The van der Waals surface area contributed by atoms with Crippen LogP contribution in [-0.4, -0.2) is 26.4 Å². The van der Waals surface area contributed by atoms with Gasteiger partial charge < -0.3 is 13.8 Å². The third-order valence-electron chi connectivity index (χ3n) is 0.923. The summed E-state index contributed by atoms with van der Waals surface area (Å²) in [5.41, 5.74) is 0. The van der Waals surface area contributed by atoms with Gasteiger partial charge in [-0.1, -0.05) is 12.1 Å². The first-order valence-corrected chi connectivity index (χ1v) is 6.96. The summed E-state index contributed by atoms with van der Waals surface area (Å²) in [5.74, 6) is 0.878. The summed E-state index contributed by atoms with van der Waals surface area (Å²) in [6.07, 6.45) is 0. The van der Waals surface area contributed by atoms with E-state index in [0.29, 0.717) is 0 Å². The topological polar surface area (TPSA) is 9.23 Å². The molecule has 0 amide bonds. The van der Waals surface area contributed by atoms with Crippen molar-refractivity contribution in [1.82, 2.24) is 0 Å². The molecule has 0 saturated heterocycles. The normalized spacial score (nSPS) is 7.18. The fourth-order valence-electron chi connectivity index (χ4n) is 0.508. The lowest BCUT2D eigenvalue weighted by atomic mass is 10.3. The van der Waals surface area contributed by atoms with Crippen LogP contribution >= 0.6 is 9.07 Å². The van der Waals surface area contributed by atoms with Crippen LogP contribution in [0.2, 0.25) is 5.05 Å². The van der Waals surface area contributed by atoms with E-state index in [1.807, 2.05) is 29.3 Å². The van der Waals surface area contributed by atoms with Crippen molar-refractivity contribution in [2.75, 3.05) is 7.11 Å². The van der Waals surface area contributed by atoms with Crippen LogP contribution in [0.4, 0.5) is 0 Å². The molecule has 0 atom stereocenters. The molecule has 0 spiro atoms. The van der Waals surface area contributed by atoms with Crippen LogP contribution in [0.5, 0.6) is 5.75 Å². The molecule has 1 radical (unpaired) electrons. The van der Waals surface area contributed by atoms with Gasteiger partial charge in [0.05, 0.1) is 7.11 Å². The van der Waals surface area contributed by atoms with Crippen molar-refractivity contribution in [2.45, 2.75) is 5.05 Å². The third kappa shape index (κ3) is 6.47. The van der Waals surface area contributed by atoms with Crippen LogP contribution in [0, 0.1) is 6.07 Å². The number of hydrogen-bond donors (Lipinski definition) is 0. The molecule has 57 valence electrons. The smallest absolute Gasteiger partial charge is 0.497 e. The van der Waals surface area contributed by atoms with E-state index >= 15 is 0 Å². The molecule has 0 aliphatic carbocycles. The molecular formula is C8H10ClMgO. The Kier molecular flexibility index (Phi) is 8.23. The summed E-state index contributed by atoms with van der Waals surface area (Å²) in [4.78, 5) is 0. The van der Waals surface area contributed by atoms with Crippen LogP contribution < -0.4 is 4.74 Å². The zero-order valence-electron chi connectivity index (χ0n) is 6.80. The number of hydrogen-bond acceptors (Lipinski definition) is 1. The highest BCUT2D eigenvalue weighted by atomic mass is 35.5. The van der Waals surface area contributed by atoms with Gasteiger partial charge in [0.1, 0.15) is 5.75 Å². The second-order valence-corrected chi connectivity index (χ2v) is 3.85. The van der Waals surface area contributed by atoms with E-state index in [1.54, 1.807) is 7.11 Å². The molecule has 11 heavy (non-hydrogen) atoms. The van der Waals surface area contributed by atoms with E-state index in [0.717, 1.165) is 5.75 Å². The summed E-state index contributed by atoms with van der Waals surface area (Å²) in [6.45, 7) is 0. The third-order valence-corrected chi connectivity index (χ3v) is 0.923. The van der Waals surface area contributed by atoms with E-state index < -0.39 is 0 Å². The SMILES string of the molecule is COc1cc[c]cc1.[CH3][Mg][Cl]. The van der Waals surface area contributed by atoms with Gasteiger partial charge in [0, 0.05) is 0 Å². The average Bonchev–Trinajstić information content (AvgIpc) is 2.08.